The van der Waals surface area contributed by atoms with Gasteiger partial charge < -0.3 is 29.5 Å². The van der Waals surface area contributed by atoms with E-state index in [0.29, 0.717) is 73.7 Å². The van der Waals surface area contributed by atoms with Gasteiger partial charge in [0.15, 0.2) is 0 Å². The maximum Gasteiger partial charge on any atom is 0.341 e. The summed E-state index contributed by atoms with van der Waals surface area (Å²) in [7, 11) is 1.56. The van der Waals surface area contributed by atoms with Crippen molar-refractivity contribution in [2.24, 2.45) is 5.92 Å². The van der Waals surface area contributed by atoms with Crippen molar-refractivity contribution in [3.8, 4) is 5.75 Å². The van der Waals surface area contributed by atoms with E-state index in [9.17, 15) is 19.5 Å². The van der Waals surface area contributed by atoms with Crippen LogP contribution in [0, 0.1) is 12.8 Å². The number of cyclic esters (lactones) is 1. The third-order valence-corrected chi connectivity index (χ3v) is 7.43. The van der Waals surface area contributed by atoms with Crippen molar-refractivity contribution in [3.63, 3.8) is 0 Å². The van der Waals surface area contributed by atoms with E-state index in [1.807, 2.05) is 33.8 Å². The first kappa shape index (κ1) is 29.4. The van der Waals surface area contributed by atoms with Crippen molar-refractivity contribution in [2.75, 3.05) is 58.4 Å². The zero-order chi connectivity index (χ0) is 27.8. The van der Waals surface area contributed by atoms with Gasteiger partial charge in [0.1, 0.15) is 12.4 Å². The molecule has 1 atom stereocenters. The largest absolute Gasteiger partial charge is 0.496 e. The second kappa shape index (κ2) is 13.6. The highest BCUT2D eigenvalue weighted by molar-refractivity contribution is 6.05. The van der Waals surface area contributed by atoms with Gasteiger partial charge in [-0.15, -0.1) is 0 Å². The van der Waals surface area contributed by atoms with Crippen molar-refractivity contribution in [3.05, 3.63) is 33.9 Å². The Labute approximate surface area is 224 Å². The van der Waals surface area contributed by atoms with Gasteiger partial charge in [-0.25, -0.2) is 9.59 Å². The number of fused-ring (bicyclic) bond motifs is 1. The van der Waals surface area contributed by atoms with Crippen LogP contribution in [0.25, 0.3) is 0 Å². The number of esters is 1. The molecule has 0 aliphatic carbocycles. The van der Waals surface area contributed by atoms with Crippen molar-refractivity contribution >= 4 is 23.7 Å². The maximum atomic E-state index is 13.0. The lowest BCUT2D eigenvalue weighted by molar-refractivity contribution is -0.142. The van der Waals surface area contributed by atoms with Gasteiger partial charge in [0, 0.05) is 37.3 Å². The van der Waals surface area contributed by atoms with E-state index >= 15 is 0 Å². The Morgan fingerprint density at radius 2 is 1.92 bits per heavy atom. The number of morpholine rings is 1. The molecule has 1 fully saturated rings. The fourth-order valence-corrected chi connectivity index (χ4v) is 5.11. The predicted octanol–water partition coefficient (Wildman–Crippen LogP) is 3.85. The van der Waals surface area contributed by atoms with Crippen molar-refractivity contribution in [1.82, 2.24) is 9.80 Å². The zero-order valence-corrected chi connectivity index (χ0v) is 23.2. The van der Waals surface area contributed by atoms with Crippen LogP contribution in [0.4, 0.5) is 10.5 Å². The molecule has 1 unspecified atom stereocenters. The highest BCUT2D eigenvalue weighted by atomic mass is 16.5. The van der Waals surface area contributed by atoms with Gasteiger partial charge in [0.05, 0.1) is 37.5 Å². The smallest absolute Gasteiger partial charge is 0.341 e. The molecule has 1 aromatic carbocycles. The molecule has 1 aromatic rings. The van der Waals surface area contributed by atoms with Crippen LogP contribution in [0.3, 0.4) is 0 Å². The average Bonchev–Trinajstić information content (AvgIpc) is 3.29. The van der Waals surface area contributed by atoms with Gasteiger partial charge in [-0.2, -0.15) is 0 Å². The molecule has 2 heterocycles. The van der Waals surface area contributed by atoms with E-state index in [0.717, 1.165) is 30.8 Å². The van der Waals surface area contributed by atoms with Gasteiger partial charge in [0.2, 0.25) is 0 Å². The molecule has 0 spiro atoms. The summed E-state index contributed by atoms with van der Waals surface area (Å²) >= 11 is 0. The highest BCUT2D eigenvalue weighted by Crippen LogP contribution is 2.41. The van der Waals surface area contributed by atoms with Crippen LogP contribution in [0.2, 0.25) is 0 Å². The molecule has 0 aromatic heterocycles. The fourth-order valence-electron chi connectivity index (χ4n) is 5.11. The number of benzene rings is 1. The molecule has 210 valence electrons. The van der Waals surface area contributed by atoms with Crippen LogP contribution in [-0.4, -0.2) is 85.9 Å². The molecule has 10 nitrogen and oxygen atoms in total. The number of aliphatic carboxylic acids is 1. The normalized spacial score (nSPS) is 16.6. The number of allylic oxidation sites excluding steroid dienone is 2. The summed E-state index contributed by atoms with van der Waals surface area (Å²) in [6.45, 7) is 12.5. The number of amides is 2. The van der Waals surface area contributed by atoms with Crippen molar-refractivity contribution in [2.45, 2.75) is 53.6 Å². The SMILES string of the molecule is CCN(CC)C(=O)Nc1c(C/C=C(\C)CC(CCN2CCOCC2)C(=O)O)c(OC)c(C)c2c1C(=O)OC2. The number of hydrogen-bond donors (Lipinski definition) is 2. The number of carboxylic acid groups (broad SMARTS) is 1. The minimum Gasteiger partial charge on any atom is -0.496 e. The van der Waals surface area contributed by atoms with E-state index in [1.54, 1.807) is 12.0 Å². The summed E-state index contributed by atoms with van der Waals surface area (Å²) in [5.41, 5.74) is 3.85. The number of methoxy groups -OCH3 is 1. The Bertz CT molecular complexity index is 1060. The van der Waals surface area contributed by atoms with E-state index in [4.69, 9.17) is 14.2 Å². The van der Waals surface area contributed by atoms with E-state index in [1.165, 1.54) is 0 Å². The first-order chi connectivity index (χ1) is 18.2. The quantitative estimate of drug-likeness (QED) is 0.309. The molecule has 2 N–H and O–H groups in total. The standard InChI is InChI=1S/C28H41N3O7/c1-6-31(7-2)28(35)29-24-21(25(36-5)19(4)22-17-38-27(34)23(22)24)9-8-18(3)16-20(26(32)33)10-11-30-12-14-37-15-13-30/h8,20H,6-7,9-17H2,1-5H3,(H,29,35)(H,32,33)/b18-8+. The molecule has 38 heavy (non-hydrogen) atoms. The maximum absolute atomic E-state index is 13.0. The number of anilines is 1. The Kier molecular flexibility index (Phi) is 10.6. The number of carboxylic acids is 1. The number of urea groups is 1. The molecule has 2 aliphatic heterocycles. The van der Waals surface area contributed by atoms with Crippen LogP contribution < -0.4 is 10.1 Å². The number of nitrogens with one attached hydrogen (secondary N) is 1. The van der Waals surface area contributed by atoms with Gasteiger partial charge >= 0.3 is 18.0 Å². The lowest BCUT2D eigenvalue weighted by Crippen LogP contribution is -2.38. The Balaban J connectivity index is 1.87. The van der Waals surface area contributed by atoms with E-state index < -0.39 is 17.9 Å². The zero-order valence-electron chi connectivity index (χ0n) is 23.2. The van der Waals surface area contributed by atoms with Crippen LogP contribution in [-0.2, 0) is 27.3 Å². The minimum atomic E-state index is -0.813. The molecule has 0 saturated carbocycles. The summed E-state index contributed by atoms with van der Waals surface area (Å²) in [4.78, 5) is 41.6. The molecular formula is C28H41N3O7. The summed E-state index contributed by atoms with van der Waals surface area (Å²) < 4.78 is 16.5. The van der Waals surface area contributed by atoms with Crippen LogP contribution in [0.15, 0.2) is 11.6 Å². The van der Waals surface area contributed by atoms with Crippen LogP contribution in [0.1, 0.15) is 60.7 Å². The van der Waals surface area contributed by atoms with Crippen molar-refractivity contribution in [1.29, 1.82) is 0 Å². The summed E-state index contributed by atoms with van der Waals surface area (Å²) in [5.74, 6) is -1.21. The molecule has 2 aliphatic rings. The third kappa shape index (κ3) is 6.85. The van der Waals surface area contributed by atoms with Gasteiger partial charge in [-0.1, -0.05) is 11.6 Å². The number of nitrogens with zero attached hydrogens (tertiary/aromatic N) is 2. The van der Waals surface area contributed by atoms with Crippen molar-refractivity contribution < 1.29 is 33.7 Å². The van der Waals surface area contributed by atoms with E-state index in [-0.39, 0.29) is 12.6 Å². The summed E-state index contributed by atoms with van der Waals surface area (Å²) in [6.07, 6.45) is 3.29. The van der Waals surface area contributed by atoms with Crippen LogP contribution in [0.5, 0.6) is 5.75 Å². The molecular weight excluding hydrogens is 490 g/mol. The Hall–Kier alpha value is -3.11. The molecule has 0 bridgehead atoms. The topological polar surface area (TPSA) is 118 Å². The minimum absolute atomic E-state index is 0.128. The first-order valence-corrected chi connectivity index (χ1v) is 13.4. The second-order valence-corrected chi connectivity index (χ2v) is 9.78. The molecule has 0 radical (unpaired) electrons. The third-order valence-electron chi connectivity index (χ3n) is 7.43. The van der Waals surface area contributed by atoms with Gasteiger partial charge in [-0.05, 0) is 59.1 Å². The van der Waals surface area contributed by atoms with Gasteiger partial charge in [-0.3, -0.25) is 9.69 Å². The summed E-state index contributed by atoms with van der Waals surface area (Å²) in [6, 6.07) is -0.307. The number of ether oxygens (including phenoxy) is 3. The van der Waals surface area contributed by atoms with E-state index in [2.05, 4.69) is 10.2 Å². The van der Waals surface area contributed by atoms with Gasteiger partial charge in [0.25, 0.3) is 0 Å². The molecule has 1 saturated heterocycles. The monoisotopic (exact) mass is 531 g/mol. The molecule has 2 amide bonds. The number of carbonyl (C=O) groups excluding carboxylic acids is 2. The Morgan fingerprint density at radius 3 is 2.53 bits per heavy atom. The average molecular weight is 532 g/mol. The summed E-state index contributed by atoms with van der Waals surface area (Å²) in [5, 5.41) is 12.8. The Morgan fingerprint density at radius 1 is 1.24 bits per heavy atom. The number of carbonyl (C=O) groups is 3. The highest BCUT2D eigenvalue weighted by Gasteiger charge is 2.33. The fraction of sp³-hybridized carbons (Fsp3) is 0.607. The second-order valence-electron chi connectivity index (χ2n) is 9.78. The molecule has 3 rings (SSSR count). The molecule has 10 heteroatoms. The predicted molar refractivity (Wildman–Crippen MR) is 144 cm³/mol. The first-order valence-electron chi connectivity index (χ1n) is 13.4. The number of rotatable bonds is 12. The lowest BCUT2D eigenvalue weighted by atomic mass is 9.92. The van der Waals surface area contributed by atoms with Crippen LogP contribution >= 0.6 is 0 Å². The lowest BCUT2D eigenvalue weighted by Gasteiger charge is -2.27. The number of hydrogen-bond acceptors (Lipinski definition) is 7.